The SMILES string of the molecule is O=[N+]([O-])c1cc(NCc2nccs2)ccc1Br. The Balaban J connectivity index is 2.11. The predicted molar refractivity (Wildman–Crippen MR) is 70.2 cm³/mol. The van der Waals surface area contributed by atoms with Gasteiger partial charge in [0.2, 0.25) is 0 Å². The van der Waals surface area contributed by atoms with E-state index in [-0.39, 0.29) is 5.69 Å². The molecule has 0 aliphatic carbocycles. The van der Waals surface area contributed by atoms with Crippen LogP contribution in [0.2, 0.25) is 0 Å². The van der Waals surface area contributed by atoms with Gasteiger partial charge in [-0.25, -0.2) is 4.98 Å². The second-order valence-electron chi connectivity index (χ2n) is 3.20. The lowest BCUT2D eigenvalue weighted by atomic mass is 10.3. The first-order valence-corrected chi connectivity index (χ1v) is 6.40. The van der Waals surface area contributed by atoms with Crippen LogP contribution in [0.5, 0.6) is 0 Å². The van der Waals surface area contributed by atoms with Gasteiger partial charge < -0.3 is 5.32 Å². The van der Waals surface area contributed by atoms with Gasteiger partial charge in [0.15, 0.2) is 0 Å². The number of anilines is 1. The first-order chi connectivity index (χ1) is 8.16. The first-order valence-electron chi connectivity index (χ1n) is 4.73. The Kier molecular flexibility index (Phi) is 3.70. The first kappa shape index (κ1) is 12.0. The second kappa shape index (κ2) is 5.24. The van der Waals surface area contributed by atoms with Crippen LogP contribution in [-0.4, -0.2) is 9.91 Å². The van der Waals surface area contributed by atoms with Crippen molar-refractivity contribution >= 4 is 38.6 Å². The van der Waals surface area contributed by atoms with Crippen LogP contribution in [0, 0.1) is 10.1 Å². The van der Waals surface area contributed by atoms with Gasteiger partial charge in [-0.3, -0.25) is 10.1 Å². The average Bonchev–Trinajstić information content (AvgIpc) is 2.80. The van der Waals surface area contributed by atoms with Gasteiger partial charge >= 0.3 is 0 Å². The van der Waals surface area contributed by atoms with Crippen LogP contribution in [0.4, 0.5) is 11.4 Å². The van der Waals surface area contributed by atoms with Crippen molar-refractivity contribution in [2.24, 2.45) is 0 Å². The van der Waals surface area contributed by atoms with Crippen molar-refractivity contribution in [3.05, 3.63) is 49.4 Å². The summed E-state index contributed by atoms with van der Waals surface area (Å²) in [6, 6.07) is 4.94. The number of nitrogens with zero attached hydrogens (tertiary/aromatic N) is 2. The number of thiazole rings is 1. The summed E-state index contributed by atoms with van der Waals surface area (Å²) < 4.78 is 0.474. The lowest BCUT2D eigenvalue weighted by Gasteiger charge is -2.04. The third-order valence-electron chi connectivity index (χ3n) is 2.07. The highest BCUT2D eigenvalue weighted by Crippen LogP contribution is 2.28. The molecule has 0 radical (unpaired) electrons. The third kappa shape index (κ3) is 3.01. The number of hydrogen-bond donors (Lipinski definition) is 1. The Morgan fingerprint density at radius 2 is 2.35 bits per heavy atom. The van der Waals surface area contributed by atoms with E-state index in [1.165, 1.54) is 17.4 Å². The van der Waals surface area contributed by atoms with E-state index in [2.05, 4.69) is 26.2 Å². The van der Waals surface area contributed by atoms with E-state index in [1.54, 1.807) is 18.3 Å². The van der Waals surface area contributed by atoms with Crippen molar-refractivity contribution in [3.63, 3.8) is 0 Å². The molecule has 1 aromatic heterocycles. The van der Waals surface area contributed by atoms with Gasteiger partial charge in [0, 0.05) is 23.3 Å². The van der Waals surface area contributed by atoms with Crippen LogP contribution in [-0.2, 0) is 6.54 Å². The van der Waals surface area contributed by atoms with E-state index in [1.807, 2.05) is 5.38 Å². The fraction of sp³-hybridized carbons (Fsp3) is 0.100. The fourth-order valence-electron chi connectivity index (χ4n) is 1.28. The minimum atomic E-state index is -0.418. The van der Waals surface area contributed by atoms with Gasteiger partial charge in [-0.1, -0.05) is 0 Å². The van der Waals surface area contributed by atoms with Gasteiger partial charge in [-0.15, -0.1) is 11.3 Å². The molecule has 1 aromatic carbocycles. The Labute approximate surface area is 110 Å². The zero-order valence-corrected chi connectivity index (χ0v) is 11.0. The molecule has 5 nitrogen and oxygen atoms in total. The van der Waals surface area contributed by atoms with Crippen LogP contribution in [0.25, 0.3) is 0 Å². The van der Waals surface area contributed by atoms with Crippen molar-refractivity contribution < 1.29 is 4.92 Å². The molecule has 0 aliphatic rings. The molecule has 88 valence electrons. The molecule has 0 bridgehead atoms. The summed E-state index contributed by atoms with van der Waals surface area (Å²) in [5, 5.41) is 16.7. The number of rotatable bonds is 4. The number of benzene rings is 1. The van der Waals surface area contributed by atoms with Crippen LogP contribution >= 0.6 is 27.3 Å². The monoisotopic (exact) mass is 313 g/mol. The maximum absolute atomic E-state index is 10.7. The molecule has 0 saturated heterocycles. The molecule has 0 fully saturated rings. The van der Waals surface area contributed by atoms with Crippen LogP contribution in [0.3, 0.4) is 0 Å². The molecule has 17 heavy (non-hydrogen) atoms. The number of nitro groups is 1. The van der Waals surface area contributed by atoms with E-state index in [0.717, 1.165) is 5.01 Å². The number of halogens is 1. The minimum absolute atomic E-state index is 0.0501. The summed E-state index contributed by atoms with van der Waals surface area (Å²) in [6.07, 6.45) is 1.73. The van der Waals surface area contributed by atoms with Gasteiger partial charge in [-0.05, 0) is 28.1 Å². The lowest BCUT2D eigenvalue weighted by molar-refractivity contribution is -0.385. The molecule has 2 aromatic rings. The van der Waals surface area contributed by atoms with Gasteiger partial charge in [0.05, 0.1) is 15.9 Å². The maximum atomic E-state index is 10.7. The number of aromatic nitrogens is 1. The minimum Gasteiger partial charge on any atom is -0.378 e. The van der Waals surface area contributed by atoms with E-state index in [4.69, 9.17) is 0 Å². The second-order valence-corrected chi connectivity index (χ2v) is 5.04. The van der Waals surface area contributed by atoms with E-state index < -0.39 is 4.92 Å². The molecule has 1 N–H and O–H groups in total. The average molecular weight is 314 g/mol. The lowest BCUT2D eigenvalue weighted by Crippen LogP contribution is -1.99. The highest BCUT2D eigenvalue weighted by atomic mass is 79.9. The van der Waals surface area contributed by atoms with Crippen LogP contribution in [0.15, 0.2) is 34.2 Å². The maximum Gasteiger partial charge on any atom is 0.285 e. The highest BCUT2D eigenvalue weighted by Gasteiger charge is 2.12. The van der Waals surface area contributed by atoms with Gasteiger partial charge in [-0.2, -0.15) is 0 Å². The van der Waals surface area contributed by atoms with Gasteiger partial charge in [0.1, 0.15) is 5.01 Å². The Morgan fingerprint density at radius 3 is 3.00 bits per heavy atom. The summed E-state index contributed by atoms with van der Waals surface area (Å²) in [5.74, 6) is 0. The summed E-state index contributed by atoms with van der Waals surface area (Å²) in [5.41, 5.74) is 0.754. The molecule has 0 spiro atoms. The predicted octanol–water partition coefficient (Wildman–Crippen LogP) is 3.43. The largest absolute Gasteiger partial charge is 0.378 e. The molecular weight excluding hydrogens is 306 g/mol. The number of hydrogen-bond acceptors (Lipinski definition) is 5. The molecule has 2 rings (SSSR count). The normalized spacial score (nSPS) is 10.2. The quantitative estimate of drug-likeness (QED) is 0.693. The number of nitrogens with one attached hydrogen (secondary N) is 1. The Morgan fingerprint density at radius 1 is 1.53 bits per heavy atom. The summed E-state index contributed by atoms with van der Waals surface area (Å²) in [7, 11) is 0. The zero-order chi connectivity index (χ0) is 12.3. The third-order valence-corrected chi connectivity index (χ3v) is 3.52. The molecule has 0 atom stereocenters. The summed E-state index contributed by atoms with van der Waals surface area (Å²) in [6.45, 7) is 0.566. The van der Waals surface area contributed by atoms with Crippen molar-refractivity contribution in [2.75, 3.05) is 5.32 Å². The van der Waals surface area contributed by atoms with E-state index in [9.17, 15) is 10.1 Å². The smallest absolute Gasteiger partial charge is 0.285 e. The van der Waals surface area contributed by atoms with Crippen LogP contribution in [0.1, 0.15) is 5.01 Å². The van der Waals surface area contributed by atoms with E-state index >= 15 is 0 Å². The van der Waals surface area contributed by atoms with Crippen molar-refractivity contribution in [3.8, 4) is 0 Å². The molecule has 0 saturated carbocycles. The standard InChI is InChI=1S/C10H8BrN3O2S/c11-8-2-1-7(5-9(8)14(15)16)13-6-10-12-3-4-17-10/h1-5,13H,6H2. The zero-order valence-electron chi connectivity index (χ0n) is 8.59. The molecule has 1 heterocycles. The highest BCUT2D eigenvalue weighted by molar-refractivity contribution is 9.10. The molecule has 0 amide bonds. The molecular formula is C10H8BrN3O2S. The topological polar surface area (TPSA) is 68.1 Å². The van der Waals surface area contributed by atoms with Crippen molar-refractivity contribution in [1.82, 2.24) is 4.98 Å². The Bertz CT molecular complexity index is 530. The Hall–Kier alpha value is -1.47. The van der Waals surface area contributed by atoms with Gasteiger partial charge in [0.25, 0.3) is 5.69 Å². The fourth-order valence-corrected chi connectivity index (χ4v) is 2.23. The van der Waals surface area contributed by atoms with Crippen molar-refractivity contribution in [2.45, 2.75) is 6.54 Å². The molecule has 7 heteroatoms. The molecule has 0 aliphatic heterocycles. The molecule has 0 unspecified atom stereocenters. The van der Waals surface area contributed by atoms with Crippen LogP contribution < -0.4 is 5.32 Å². The summed E-state index contributed by atoms with van der Waals surface area (Å²) >= 11 is 4.68. The number of nitro benzene ring substituents is 1. The van der Waals surface area contributed by atoms with E-state index in [0.29, 0.717) is 16.7 Å². The van der Waals surface area contributed by atoms with Crippen molar-refractivity contribution in [1.29, 1.82) is 0 Å². The summed E-state index contributed by atoms with van der Waals surface area (Å²) in [4.78, 5) is 14.4.